The van der Waals surface area contributed by atoms with E-state index < -0.39 is 0 Å². The van der Waals surface area contributed by atoms with E-state index in [9.17, 15) is 14.4 Å². The third-order valence-corrected chi connectivity index (χ3v) is 11.6. The van der Waals surface area contributed by atoms with Crippen LogP contribution in [0.4, 0.5) is 22.7 Å². The van der Waals surface area contributed by atoms with Crippen molar-refractivity contribution in [2.75, 3.05) is 94.1 Å². The fraction of sp³-hybridized carbons (Fsp3) is 0.286. The highest BCUT2D eigenvalue weighted by Crippen LogP contribution is 2.44. The van der Waals surface area contributed by atoms with Gasteiger partial charge in [-0.15, -0.1) is 0 Å². The van der Waals surface area contributed by atoms with E-state index in [0.717, 1.165) is 123 Å². The van der Waals surface area contributed by atoms with Crippen LogP contribution in [-0.2, 0) is 27.1 Å². The van der Waals surface area contributed by atoms with Gasteiger partial charge in [-0.05, 0) is 85.9 Å². The first-order valence-corrected chi connectivity index (χ1v) is 21.3. The zero-order chi connectivity index (χ0) is 43.5. The van der Waals surface area contributed by atoms with Gasteiger partial charge in [0.1, 0.15) is 23.0 Å². The molecule has 4 aliphatic heterocycles. The number of benzene rings is 4. The summed E-state index contributed by atoms with van der Waals surface area (Å²) in [6, 6.07) is 30.7. The van der Waals surface area contributed by atoms with E-state index >= 15 is 0 Å². The average molecular weight is 850 g/mol. The number of amides is 1. The molecule has 14 nitrogen and oxygen atoms in total. The summed E-state index contributed by atoms with van der Waals surface area (Å²) in [5.41, 5.74) is 16.3. The Labute approximate surface area is 365 Å². The summed E-state index contributed by atoms with van der Waals surface area (Å²) in [6.07, 6.45) is 1.86. The predicted molar refractivity (Wildman–Crippen MR) is 246 cm³/mol. The number of nitrogen functional groups attached to an aromatic ring is 1. The first-order valence-electron chi connectivity index (χ1n) is 21.3. The Hall–Kier alpha value is -6.87. The molecule has 1 amide bonds. The van der Waals surface area contributed by atoms with Crippen LogP contribution in [0.2, 0.25) is 0 Å². The zero-order valence-electron chi connectivity index (χ0n) is 35.5. The number of anilines is 4. The number of aromatic nitrogens is 2. The van der Waals surface area contributed by atoms with Crippen LogP contribution in [-0.4, -0.2) is 94.0 Å². The van der Waals surface area contributed by atoms with Crippen molar-refractivity contribution >= 4 is 28.7 Å². The number of hydrogen-bond donors (Lipinski definition) is 4. The second kappa shape index (κ2) is 18.2. The van der Waals surface area contributed by atoms with Crippen LogP contribution in [0.1, 0.15) is 28.7 Å². The van der Waals surface area contributed by atoms with Gasteiger partial charge in [0.15, 0.2) is 0 Å². The first-order chi connectivity index (χ1) is 30.6. The molecule has 0 aliphatic carbocycles. The summed E-state index contributed by atoms with van der Waals surface area (Å²) in [5.74, 6) is 3.08. The molecule has 0 radical (unpaired) electrons. The lowest BCUT2D eigenvalue weighted by molar-refractivity contribution is -0.116. The molecule has 6 heterocycles. The normalized spacial score (nSPS) is 15.1. The summed E-state index contributed by atoms with van der Waals surface area (Å²) in [7, 11) is 3.90. The molecule has 0 saturated carbocycles. The molecule has 0 spiro atoms. The van der Waals surface area contributed by atoms with E-state index in [1.54, 1.807) is 12.1 Å². The van der Waals surface area contributed by atoms with E-state index in [4.69, 9.17) is 24.7 Å². The SMILES string of the molecule is CN(C)CCC(=O)Nc1ccc2c(c1)Cc1cccc(-c3cc(N4CCOCC4)cc(=O)[nH]3)c1O2.Nc1ccc2c(c1)Cc1cccc(-c3cc(N4CCOCC4)cc(=O)[nH]3)c1O2. The topological polar surface area (TPSA) is 167 Å². The number of hydrogen-bond acceptors (Lipinski definition) is 11. The minimum Gasteiger partial charge on any atom is -0.456 e. The van der Waals surface area contributed by atoms with Crippen molar-refractivity contribution in [1.82, 2.24) is 14.9 Å². The molecule has 2 fully saturated rings. The minimum absolute atomic E-state index is 0.0119. The largest absolute Gasteiger partial charge is 0.456 e. The van der Waals surface area contributed by atoms with Crippen LogP contribution in [0.25, 0.3) is 22.5 Å². The van der Waals surface area contributed by atoms with Gasteiger partial charge in [-0.1, -0.05) is 24.3 Å². The quantitative estimate of drug-likeness (QED) is 0.121. The van der Waals surface area contributed by atoms with Gasteiger partial charge in [-0.3, -0.25) is 14.4 Å². The highest BCUT2D eigenvalue weighted by molar-refractivity contribution is 5.91. The molecule has 6 aromatic rings. The molecule has 0 bridgehead atoms. The van der Waals surface area contributed by atoms with Crippen molar-refractivity contribution < 1.29 is 23.7 Å². The van der Waals surface area contributed by atoms with E-state index in [2.05, 4.69) is 31.2 Å². The van der Waals surface area contributed by atoms with E-state index in [1.807, 2.05) is 97.9 Å². The maximum atomic E-state index is 12.5. The summed E-state index contributed by atoms with van der Waals surface area (Å²) < 4.78 is 23.5. The molecule has 10 rings (SSSR count). The number of aromatic amines is 2. The van der Waals surface area contributed by atoms with Crippen LogP contribution < -0.4 is 41.4 Å². The minimum atomic E-state index is -0.146. The summed E-state index contributed by atoms with van der Waals surface area (Å²) in [4.78, 5) is 49.4. The van der Waals surface area contributed by atoms with Crippen molar-refractivity contribution in [1.29, 1.82) is 0 Å². The van der Waals surface area contributed by atoms with Crippen molar-refractivity contribution in [3.63, 3.8) is 0 Å². The van der Waals surface area contributed by atoms with Gasteiger partial charge >= 0.3 is 0 Å². The maximum absolute atomic E-state index is 12.5. The Morgan fingerprint density at radius 2 is 1.16 bits per heavy atom. The monoisotopic (exact) mass is 849 g/mol. The van der Waals surface area contributed by atoms with Crippen LogP contribution in [0.5, 0.6) is 23.0 Å². The number of para-hydroxylation sites is 2. The number of morpholine rings is 2. The molecule has 2 saturated heterocycles. The summed E-state index contributed by atoms with van der Waals surface area (Å²) in [6.45, 7) is 6.42. The average Bonchev–Trinajstić information content (AvgIpc) is 3.29. The van der Waals surface area contributed by atoms with Crippen molar-refractivity contribution in [3.8, 4) is 45.5 Å². The van der Waals surface area contributed by atoms with Gasteiger partial charge in [0.2, 0.25) is 17.0 Å². The molecule has 5 N–H and O–H groups in total. The molecular weight excluding hydrogens is 799 g/mol. The van der Waals surface area contributed by atoms with Crippen molar-refractivity contribution in [3.05, 3.63) is 140 Å². The molecule has 324 valence electrons. The first kappa shape index (κ1) is 41.5. The third-order valence-electron chi connectivity index (χ3n) is 11.6. The van der Waals surface area contributed by atoms with E-state index in [1.165, 1.54) is 0 Å². The van der Waals surface area contributed by atoms with Crippen molar-refractivity contribution in [2.45, 2.75) is 19.3 Å². The highest BCUT2D eigenvalue weighted by atomic mass is 16.5. The van der Waals surface area contributed by atoms with Crippen LogP contribution >= 0.6 is 0 Å². The lowest BCUT2D eigenvalue weighted by Crippen LogP contribution is -2.36. The Morgan fingerprint density at radius 3 is 1.68 bits per heavy atom. The smallest absolute Gasteiger partial charge is 0.250 e. The van der Waals surface area contributed by atoms with Gasteiger partial charge in [-0.2, -0.15) is 0 Å². The fourth-order valence-corrected chi connectivity index (χ4v) is 8.38. The molecule has 0 unspecified atom stereocenters. The van der Waals surface area contributed by atoms with Gasteiger partial charge in [0.05, 0.1) is 37.8 Å². The second-order valence-corrected chi connectivity index (χ2v) is 16.4. The predicted octanol–water partition coefficient (Wildman–Crippen LogP) is 6.62. The number of nitrogens with one attached hydrogen (secondary N) is 3. The molecule has 4 aromatic carbocycles. The maximum Gasteiger partial charge on any atom is 0.250 e. The molecule has 63 heavy (non-hydrogen) atoms. The number of pyridine rings is 2. The van der Waals surface area contributed by atoms with Crippen LogP contribution in [0.3, 0.4) is 0 Å². The Kier molecular flexibility index (Phi) is 12.0. The number of carbonyl (C=O) groups is 1. The lowest BCUT2D eigenvalue weighted by Gasteiger charge is -2.29. The Bertz CT molecular complexity index is 2770. The summed E-state index contributed by atoms with van der Waals surface area (Å²) >= 11 is 0. The number of H-pyrrole nitrogens is 2. The number of fused-ring (bicyclic) bond motifs is 4. The van der Waals surface area contributed by atoms with Gasteiger partial charge < -0.3 is 54.7 Å². The Balaban J connectivity index is 0.000000164. The molecular formula is C49H51N7O7. The van der Waals surface area contributed by atoms with Crippen molar-refractivity contribution in [2.24, 2.45) is 0 Å². The van der Waals surface area contributed by atoms with E-state index in [-0.39, 0.29) is 17.0 Å². The zero-order valence-corrected chi connectivity index (χ0v) is 35.5. The van der Waals surface area contributed by atoms with Crippen LogP contribution in [0.15, 0.2) is 107 Å². The molecule has 2 aromatic heterocycles. The van der Waals surface area contributed by atoms with E-state index in [0.29, 0.717) is 45.8 Å². The lowest BCUT2D eigenvalue weighted by atomic mass is 9.96. The molecule has 4 aliphatic rings. The standard InChI is InChI=1S/C27H30N4O4.C22H21N3O3/c1-30(2)9-8-25(32)28-20-6-7-24-19(15-20)14-18-4-3-5-22(27(18)35-24)23-16-21(17-26(33)29-23)31-10-12-34-13-11-31;23-16-4-5-20-15(11-16)10-14-2-1-3-18(22(14)28-20)19-12-17(13-21(26)24-19)25-6-8-27-9-7-25/h3-7,15-17H,8-14H2,1-2H3,(H,28,32)(H,29,33);1-5,11-13H,6-10,23H2,(H,24,26). The fourth-order valence-electron chi connectivity index (χ4n) is 8.38. The second-order valence-electron chi connectivity index (χ2n) is 16.4. The number of nitrogens with two attached hydrogens (primary N) is 1. The molecule has 0 atom stereocenters. The summed E-state index contributed by atoms with van der Waals surface area (Å²) in [5, 5.41) is 2.98. The molecule has 14 heteroatoms. The van der Waals surface area contributed by atoms with Gasteiger partial charge in [0, 0.05) is 109 Å². The van der Waals surface area contributed by atoms with Crippen LogP contribution in [0, 0.1) is 0 Å². The van der Waals surface area contributed by atoms with Gasteiger partial charge in [-0.25, -0.2) is 0 Å². The number of nitrogens with zero attached hydrogens (tertiary/aromatic N) is 3. The number of rotatable bonds is 8. The third kappa shape index (κ3) is 9.48. The number of ether oxygens (including phenoxy) is 4. The Morgan fingerprint density at radius 1 is 0.651 bits per heavy atom. The number of carbonyl (C=O) groups excluding carboxylic acids is 1. The highest BCUT2D eigenvalue weighted by Gasteiger charge is 2.24. The van der Waals surface area contributed by atoms with Gasteiger partial charge in [0.25, 0.3) is 0 Å².